The van der Waals surface area contributed by atoms with E-state index in [0.717, 1.165) is 28.5 Å². The molecule has 0 bridgehead atoms. The van der Waals surface area contributed by atoms with Crippen LogP contribution in [0.1, 0.15) is 44.6 Å². The second kappa shape index (κ2) is 24.9. The van der Waals surface area contributed by atoms with Gasteiger partial charge in [0.1, 0.15) is 46.2 Å². The number of β-lactam (4-membered cyclic amide) rings is 1. The fraction of sp³-hybridized carbons (Fsp3) is 0.147. The molecule has 2 aliphatic rings. The highest BCUT2D eigenvalue weighted by Gasteiger charge is 2.61. The fourth-order valence-electron chi connectivity index (χ4n) is 11.1. The number of hydrogen-bond acceptors (Lipinski definition) is 14. The molecular weight excluding hydrogens is 1160 g/mol. The molecule has 86 heavy (non-hydrogen) atoms. The van der Waals surface area contributed by atoms with Crippen LogP contribution in [0.15, 0.2) is 250 Å². The summed E-state index contributed by atoms with van der Waals surface area (Å²) in [5.41, 5.74) is 1.07. The maximum Gasteiger partial charge on any atom is 0.316 e. The summed E-state index contributed by atoms with van der Waals surface area (Å²) < 4.78 is 41.6. The summed E-state index contributed by atoms with van der Waals surface area (Å²) in [7, 11) is -0.436. The summed E-state index contributed by atoms with van der Waals surface area (Å²) in [6, 6.07) is 69.7. The van der Waals surface area contributed by atoms with Crippen LogP contribution in [0, 0.1) is 11.2 Å². The Morgan fingerprint density at radius 3 is 1.80 bits per heavy atom. The molecule has 4 heterocycles. The lowest BCUT2D eigenvalue weighted by molar-refractivity contribution is -0.162. The number of anilines is 1. The predicted molar refractivity (Wildman–Crippen MR) is 336 cm³/mol. The van der Waals surface area contributed by atoms with Crippen LogP contribution in [0.25, 0.3) is 10.1 Å². The maximum atomic E-state index is 15.5. The molecule has 18 heteroatoms. The SMILES string of the molecule is COc1ccc(COC(=O)C2(CSc3cc(=O)c4ccc(F)cc4s3)CN3C(=O)C(NC(=O)C(=NOC(c4ccccc4)(c4ccccc4)c4ccccc4)c4csc(NC(c5ccccc5)(c5ccccc5)c5ccccc5)n4)[C@H]3S(=O)C2)cc1. The molecular formula is C68H54FN5O8S4. The number of methoxy groups -OCH3 is 1. The van der Waals surface area contributed by atoms with Crippen LogP contribution in [0.5, 0.6) is 5.75 Å². The molecule has 0 aliphatic carbocycles. The highest BCUT2D eigenvalue weighted by Crippen LogP contribution is 2.45. The maximum absolute atomic E-state index is 15.5. The molecule has 2 aliphatic heterocycles. The molecule has 2 saturated heterocycles. The number of thiazole rings is 1. The van der Waals surface area contributed by atoms with Crippen LogP contribution in [0.3, 0.4) is 0 Å². The first-order valence-electron chi connectivity index (χ1n) is 27.5. The lowest BCUT2D eigenvalue weighted by Gasteiger charge is -2.53. The average molecular weight is 1220 g/mol. The molecule has 0 radical (unpaired) electrons. The van der Waals surface area contributed by atoms with Crippen molar-refractivity contribution in [2.24, 2.45) is 10.6 Å². The minimum atomic E-state index is -1.98. The molecule has 2 aromatic heterocycles. The molecule has 12 rings (SSSR count). The summed E-state index contributed by atoms with van der Waals surface area (Å²) in [6.45, 7) is -0.352. The van der Waals surface area contributed by atoms with Crippen LogP contribution >= 0.6 is 34.4 Å². The van der Waals surface area contributed by atoms with E-state index in [1.54, 1.807) is 36.8 Å². The molecule has 4 atom stereocenters. The number of fused-ring (bicyclic) bond motifs is 2. The van der Waals surface area contributed by atoms with Crippen molar-refractivity contribution < 1.29 is 37.3 Å². The van der Waals surface area contributed by atoms with Gasteiger partial charge in [0.25, 0.3) is 5.91 Å². The predicted octanol–water partition coefficient (Wildman–Crippen LogP) is 11.9. The van der Waals surface area contributed by atoms with E-state index in [0.29, 0.717) is 47.4 Å². The molecule has 10 aromatic rings. The number of aromatic nitrogens is 1. The van der Waals surface area contributed by atoms with Crippen molar-refractivity contribution in [3.05, 3.63) is 297 Å². The van der Waals surface area contributed by atoms with Crippen LogP contribution in [-0.4, -0.2) is 74.2 Å². The van der Waals surface area contributed by atoms with Crippen LogP contribution in [0.2, 0.25) is 0 Å². The zero-order valence-corrected chi connectivity index (χ0v) is 49.4. The molecule has 2 fully saturated rings. The second-order valence-corrected chi connectivity index (χ2v) is 25.5. The van der Waals surface area contributed by atoms with Gasteiger partial charge in [0.05, 0.1) is 11.3 Å². The van der Waals surface area contributed by atoms with Crippen molar-refractivity contribution in [3.8, 4) is 5.75 Å². The molecule has 0 saturated carbocycles. The van der Waals surface area contributed by atoms with Crippen molar-refractivity contribution in [2.45, 2.75) is 33.4 Å². The molecule has 3 unspecified atom stereocenters. The number of esters is 1. The van der Waals surface area contributed by atoms with Crippen molar-refractivity contribution in [2.75, 3.05) is 30.5 Å². The van der Waals surface area contributed by atoms with E-state index in [4.69, 9.17) is 24.5 Å². The van der Waals surface area contributed by atoms with Gasteiger partial charge in [0.15, 0.2) is 16.3 Å². The van der Waals surface area contributed by atoms with Crippen LogP contribution in [0.4, 0.5) is 9.52 Å². The number of oxime groups is 1. The number of nitrogens with one attached hydrogen (secondary N) is 2. The number of thioether (sulfide) groups is 1. The Morgan fingerprint density at radius 2 is 1.27 bits per heavy atom. The molecule has 13 nitrogen and oxygen atoms in total. The number of carbonyl (C=O) groups is 3. The van der Waals surface area contributed by atoms with E-state index >= 15 is 4.79 Å². The zero-order chi connectivity index (χ0) is 59.3. The summed E-state index contributed by atoms with van der Waals surface area (Å²) in [5, 5.41) is 12.9. The van der Waals surface area contributed by atoms with E-state index in [9.17, 15) is 23.0 Å². The number of benzene rings is 8. The minimum Gasteiger partial charge on any atom is -0.497 e. The highest BCUT2D eigenvalue weighted by molar-refractivity contribution is 8.01. The van der Waals surface area contributed by atoms with Crippen molar-refractivity contribution in [3.63, 3.8) is 0 Å². The Balaban J connectivity index is 0.903. The summed E-state index contributed by atoms with van der Waals surface area (Å²) in [4.78, 5) is 71.6. The van der Waals surface area contributed by atoms with Gasteiger partial charge in [-0.2, -0.15) is 0 Å². The number of carbonyl (C=O) groups excluding carboxylic acids is 3. The zero-order valence-electron chi connectivity index (χ0n) is 46.1. The van der Waals surface area contributed by atoms with Gasteiger partial charge in [-0.3, -0.25) is 23.4 Å². The highest BCUT2D eigenvalue weighted by atomic mass is 32.2. The summed E-state index contributed by atoms with van der Waals surface area (Å²) in [6.07, 6.45) is 0. The largest absolute Gasteiger partial charge is 0.497 e. The van der Waals surface area contributed by atoms with Gasteiger partial charge in [0, 0.05) is 67.1 Å². The standard InChI is InChI=1S/C68H54FN5O8S4/c1-80-53-35-32-45(33-36-53)40-81-64(78)66(43-84-58-39-56(75)54-37-34-52(69)38-57(54)85-58)42-74-62(77)60(63(74)86(79)44-66)71-61(76)59(73-82-68(49-26-14-5-15-27-49,50-28-16-6-17-29-50)51-30-18-7-19-31-51)55-41-83-65(70-55)72-67(46-20-8-2-9-21-46,47-22-10-3-11-23-47)48-24-12-4-13-25-48/h2-39,41,60,63H,40,42-44H2,1H3,(H,70,72)(H,71,76)/t60?,63-,66?,86?/m1/s1. The third kappa shape index (κ3) is 11.2. The van der Waals surface area contributed by atoms with Gasteiger partial charge < -0.3 is 29.8 Å². The number of ether oxygens (including phenoxy) is 2. The monoisotopic (exact) mass is 1220 g/mol. The Hall–Kier alpha value is -9.07. The molecule has 8 aromatic carbocycles. The first kappa shape index (κ1) is 57.4. The summed E-state index contributed by atoms with van der Waals surface area (Å²) in [5.74, 6) is -2.34. The van der Waals surface area contributed by atoms with E-state index in [1.165, 1.54) is 51.8 Å². The normalized spacial score (nSPS) is 17.7. The number of nitrogens with zero attached hydrogens (tertiary/aromatic N) is 3. The lowest BCUT2D eigenvalue weighted by atomic mass is 9.77. The second-order valence-electron chi connectivity index (χ2n) is 20.7. The van der Waals surface area contributed by atoms with E-state index in [1.807, 2.05) is 182 Å². The molecule has 2 N–H and O–H groups in total. The van der Waals surface area contributed by atoms with Crippen molar-refractivity contribution >= 4 is 83.9 Å². The Kier molecular flexibility index (Phi) is 16.6. The van der Waals surface area contributed by atoms with Crippen molar-refractivity contribution in [1.82, 2.24) is 15.2 Å². The Bertz CT molecular complexity index is 3990. The number of hydrogen-bond donors (Lipinski definition) is 2. The number of amides is 2. The Labute approximate surface area is 510 Å². The van der Waals surface area contributed by atoms with Gasteiger partial charge in [-0.15, -0.1) is 34.4 Å². The Morgan fingerprint density at radius 1 is 0.733 bits per heavy atom. The number of halogens is 1. The third-order valence-corrected chi connectivity index (χ3v) is 20.6. The van der Waals surface area contributed by atoms with E-state index < -0.39 is 62.4 Å². The van der Waals surface area contributed by atoms with Gasteiger partial charge in [0.2, 0.25) is 11.5 Å². The fourth-order valence-corrected chi connectivity index (χ4v) is 16.4. The topological polar surface area (TPSA) is 166 Å². The van der Waals surface area contributed by atoms with Crippen molar-refractivity contribution in [1.29, 1.82) is 0 Å². The molecule has 430 valence electrons. The van der Waals surface area contributed by atoms with Crippen LogP contribution in [-0.2, 0) is 52.5 Å². The van der Waals surface area contributed by atoms with E-state index in [2.05, 4.69) is 10.6 Å². The lowest BCUT2D eigenvalue weighted by Crippen LogP contribution is -2.77. The first-order chi connectivity index (χ1) is 42.0. The van der Waals surface area contributed by atoms with Crippen LogP contribution < -0.4 is 20.8 Å². The first-order valence-corrected chi connectivity index (χ1v) is 31.5. The quantitative estimate of drug-likeness (QED) is 0.0186. The van der Waals surface area contributed by atoms with Gasteiger partial charge in [-0.05, 0) is 52.6 Å². The third-order valence-electron chi connectivity index (χ3n) is 15.4. The van der Waals surface area contributed by atoms with Gasteiger partial charge >= 0.3 is 5.97 Å². The van der Waals surface area contributed by atoms with Gasteiger partial charge in [-0.1, -0.05) is 199 Å². The molecule has 2 amide bonds. The van der Waals surface area contributed by atoms with Gasteiger partial charge in [-0.25, -0.2) is 9.37 Å². The summed E-state index contributed by atoms with van der Waals surface area (Å²) >= 11 is 3.59. The van der Waals surface area contributed by atoms with E-state index in [-0.39, 0.29) is 41.5 Å². The smallest absolute Gasteiger partial charge is 0.316 e. The average Bonchev–Trinajstić information content (AvgIpc) is 0.948. The molecule has 0 spiro atoms. The number of rotatable bonds is 20. The minimum absolute atomic E-state index is 0.0507.